The molecule has 2 nitrogen and oxygen atoms in total. The van der Waals surface area contributed by atoms with Crippen molar-refractivity contribution in [2.45, 2.75) is 6.92 Å². The standard InChI is InChI=1S/C25H20N2/c1-16-15-20(18-11-5-7-13-21(18)26)25-24(19-12-6-8-14-22(19)27-25)23(16)17-9-3-2-4-10-17/h2-15,27H,26H2,1H3. The number of hydrogen-bond donors (Lipinski definition) is 2. The number of anilines is 1. The average molecular weight is 348 g/mol. The van der Waals surface area contributed by atoms with Gasteiger partial charge in [-0.1, -0.05) is 66.7 Å². The van der Waals surface area contributed by atoms with Gasteiger partial charge in [-0.25, -0.2) is 0 Å². The molecule has 4 aromatic carbocycles. The zero-order valence-corrected chi connectivity index (χ0v) is 15.2. The molecule has 1 aromatic heterocycles. The van der Waals surface area contributed by atoms with Gasteiger partial charge in [0.15, 0.2) is 0 Å². The first-order valence-electron chi connectivity index (χ1n) is 9.18. The molecule has 27 heavy (non-hydrogen) atoms. The fraction of sp³-hybridized carbons (Fsp3) is 0.0400. The summed E-state index contributed by atoms with van der Waals surface area (Å²) >= 11 is 0. The maximum absolute atomic E-state index is 6.32. The summed E-state index contributed by atoms with van der Waals surface area (Å²) in [5, 5.41) is 2.50. The van der Waals surface area contributed by atoms with E-state index in [2.05, 4.69) is 78.6 Å². The number of fused-ring (bicyclic) bond motifs is 3. The zero-order chi connectivity index (χ0) is 18.4. The lowest BCUT2D eigenvalue weighted by atomic mass is 9.90. The van der Waals surface area contributed by atoms with Gasteiger partial charge in [-0.3, -0.25) is 0 Å². The van der Waals surface area contributed by atoms with Gasteiger partial charge in [-0.2, -0.15) is 0 Å². The lowest BCUT2D eigenvalue weighted by Crippen LogP contribution is -1.93. The normalized spacial score (nSPS) is 11.3. The van der Waals surface area contributed by atoms with E-state index in [4.69, 9.17) is 5.73 Å². The monoisotopic (exact) mass is 348 g/mol. The Morgan fingerprint density at radius 3 is 2.26 bits per heavy atom. The van der Waals surface area contributed by atoms with Crippen molar-refractivity contribution in [3.8, 4) is 22.3 Å². The Balaban J connectivity index is 1.98. The number of para-hydroxylation sites is 2. The van der Waals surface area contributed by atoms with Crippen LogP contribution >= 0.6 is 0 Å². The van der Waals surface area contributed by atoms with Crippen molar-refractivity contribution < 1.29 is 0 Å². The van der Waals surface area contributed by atoms with Crippen LogP contribution in [0.1, 0.15) is 5.56 Å². The van der Waals surface area contributed by atoms with E-state index in [9.17, 15) is 0 Å². The van der Waals surface area contributed by atoms with E-state index in [1.165, 1.54) is 27.5 Å². The van der Waals surface area contributed by atoms with Crippen LogP contribution in [-0.2, 0) is 0 Å². The van der Waals surface area contributed by atoms with Gasteiger partial charge in [-0.05, 0) is 41.8 Å². The second kappa shape index (κ2) is 6.03. The van der Waals surface area contributed by atoms with Gasteiger partial charge in [0.2, 0.25) is 0 Å². The van der Waals surface area contributed by atoms with Crippen LogP contribution in [-0.4, -0.2) is 4.98 Å². The Morgan fingerprint density at radius 2 is 1.44 bits per heavy atom. The second-order valence-corrected chi connectivity index (χ2v) is 6.99. The Kier molecular flexibility index (Phi) is 3.51. The van der Waals surface area contributed by atoms with E-state index < -0.39 is 0 Å². The topological polar surface area (TPSA) is 41.8 Å². The highest BCUT2D eigenvalue weighted by molar-refractivity contribution is 6.19. The van der Waals surface area contributed by atoms with Crippen molar-refractivity contribution in [3.05, 3.63) is 90.5 Å². The van der Waals surface area contributed by atoms with Crippen molar-refractivity contribution in [2.75, 3.05) is 5.73 Å². The van der Waals surface area contributed by atoms with Crippen molar-refractivity contribution in [1.82, 2.24) is 4.98 Å². The van der Waals surface area contributed by atoms with Crippen LogP contribution in [0.2, 0.25) is 0 Å². The summed E-state index contributed by atoms with van der Waals surface area (Å²) in [4.78, 5) is 3.65. The Labute approximate surface area is 158 Å². The number of nitrogens with two attached hydrogens (primary N) is 1. The van der Waals surface area contributed by atoms with Crippen molar-refractivity contribution in [2.24, 2.45) is 0 Å². The molecule has 0 saturated heterocycles. The minimum atomic E-state index is 0.796. The van der Waals surface area contributed by atoms with Crippen LogP contribution in [0.15, 0.2) is 84.9 Å². The summed E-state index contributed by atoms with van der Waals surface area (Å²) in [7, 11) is 0. The Morgan fingerprint density at radius 1 is 0.741 bits per heavy atom. The van der Waals surface area contributed by atoms with E-state index >= 15 is 0 Å². The fourth-order valence-corrected chi connectivity index (χ4v) is 4.09. The number of rotatable bonds is 2. The predicted molar refractivity (Wildman–Crippen MR) is 116 cm³/mol. The van der Waals surface area contributed by atoms with Gasteiger partial charge >= 0.3 is 0 Å². The van der Waals surface area contributed by atoms with E-state index in [0.29, 0.717) is 0 Å². The van der Waals surface area contributed by atoms with E-state index in [1.807, 2.05) is 18.2 Å². The molecule has 0 aliphatic carbocycles. The molecular formula is C25H20N2. The number of benzene rings is 4. The second-order valence-electron chi connectivity index (χ2n) is 6.99. The first-order chi connectivity index (χ1) is 13.2. The number of aryl methyl sites for hydroxylation is 1. The molecule has 0 aliphatic rings. The summed E-state index contributed by atoms with van der Waals surface area (Å²) in [6, 6.07) is 29.4. The molecule has 5 rings (SSSR count). The molecule has 2 heteroatoms. The van der Waals surface area contributed by atoms with Gasteiger partial charge < -0.3 is 10.7 Å². The molecule has 5 aromatic rings. The summed E-state index contributed by atoms with van der Waals surface area (Å²) < 4.78 is 0. The van der Waals surface area contributed by atoms with Gasteiger partial charge in [0.25, 0.3) is 0 Å². The third-order valence-electron chi connectivity index (χ3n) is 5.29. The SMILES string of the molecule is Cc1cc(-c2ccccc2N)c2[nH]c3ccccc3c2c1-c1ccccc1. The number of nitrogen functional groups attached to an aromatic ring is 1. The van der Waals surface area contributed by atoms with Crippen LogP contribution in [0, 0.1) is 6.92 Å². The molecule has 0 radical (unpaired) electrons. The number of hydrogen-bond acceptors (Lipinski definition) is 1. The van der Waals surface area contributed by atoms with Gasteiger partial charge in [0.1, 0.15) is 0 Å². The third kappa shape index (κ3) is 2.42. The van der Waals surface area contributed by atoms with Crippen LogP contribution in [0.5, 0.6) is 0 Å². The summed E-state index contributed by atoms with van der Waals surface area (Å²) in [5.74, 6) is 0. The van der Waals surface area contributed by atoms with Crippen LogP contribution in [0.3, 0.4) is 0 Å². The molecule has 0 unspecified atom stereocenters. The number of aromatic amines is 1. The van der Waals surface area contributed by atoms with Gasteiger partial charge in [-0.15, -0.1) is 0 Å². The minimum absolute atomic E-state index is 0.796. The Hall–Kier alpha value is -3.52. The highest BCUT2D eigenvalue weighted by Crippen LogP contribution is 2.42. The van der Waals surface area contributed by atoms with Crippen molar-refractivity contribution in [3.63, 3.8) is 0 Å². The highest BCUT2D eigenvalue weighted by atomic mass is 14.7. The van der Waals surface area contributed by atoms with Crippen molar-refractivity contribution in [1.29, 1.82) is 0 Å². The summed E-state index contributed by atoms with van der Waals surface area (Å²) in [5.41, 5.74) is 15.4. The van der Waals surface area contributed by atoms with Crippen molar-refractivity contribution >= 4 is 27.5 Å². The van der Waals surface area contributed by atoms with Gasteiger partial charge in [0.05, 0.1) is 5.52 Å². The zero-order valence-electron chi connectivity index (χ0n) is 15.2. The molecule has 0 aliphatic heterocycles. The molecule has 0 spiro atoms. The van der Waals surface area contributed by atoms with Gasteiger partial charge in [0, 0.05) is 33.1 Å². The molecule has 0 bridgehead atoms. The van der Waals surface area contributed by atoms with E-state index in [-0.39, 0.29) is 0 Å². The molecule has 0 fully saturated rings. The average Bonchev–Trinajstić information content (AvgIpc) is 3.08. The van der Waals surface area contributed by atoms with Crippen LogP contribution in [0.25, 0.3) is 44.1 Å². The predicted octanol–water partition coefficient (Wildman–Crippen LogP) is 6.55. The fourth-order valence-electron chi connectivity index (χ4n) is 4.09. The quantitative estimate of drug-likeness (QED) is 0.349. The number of nitrogens with one attached hydrogen (secondary N) is 1. The summed E-state index contributed by atoms with van der Waals surface area (Å²) in [6.07, 6.45) is 0. The van der Waals surface area contributed by atoms with E-state index in [1.54, 1.807) is 0 Å². The summed E-state index contributed by atoms with van der Waals surface area (Å²) in [6.45, 7) is 2.19. The molecule has 0 amide bonds. The molecule has 0 saturated carbocycles. The lowest BCUT2D eigenvalue weighted by molar-refractivity contribution is 1.46. The molecule has 130 valence electrons. The maximum atomic E-state index is 6.32. The Bertz CT molecular complexity index is 1280. The molecule has 1 heterocycles. The highest BCUT2D eigenvalue weighted by Gasteiger charge is 2.18. The molecule has 0 atom stereocenters. The van der Waals surface area contributed by atoms with E-state index in [0.717, 1.165) is 27.8 Å². The number of H-pyrrole nitrogens is 1. The van der Waals surface area contributed by atoms with Crippen LogP contribution in [0.4, 0.5) is 5.69 Å². The third-order valence-corrected chi connectivity index (χ3v) is 5.29. The first kappa shape index (κ1) is 15.7. The lowest BCUT2D eigenvalue weighted by Gasteiger charge is -2.14. The number of aromatic nitrogens is 1. The minimum Gasteiger partial charge on any atom is -0.398 e. The van der Waals surface area contributed by atoms with Crippen LogP contribution < -0.4 is 5.73 Å². The smallest absolute Gasteiger partial charge is 0.0551 e. The largest absolute Gasteiger partial charge is 0.398 e. The molecular weight excluding hydrogens is 328 g/mol. The molecule has 3 N–H and O–H groups in total. The first-order valence-corrected chi connectivity index (χ1v) is 9.18. The maximum Gasteiger partial charge on any atom is 0.0551 e.